The van der Waals surface area contributed by atoms with E-state index in [0.29, 0.717) is 21.3 Å². The van der Waals surface area contributed by atoms with Crippen LogP contribution in [-0.2, 0) is 4.79 Å². The molecular weight excluding hydrogens is 347 g/mol. The molecule has 4 nitrogen and oxygen atoms in total. The fourth-order valence-corrected chi connectivity index (χ4v) is 2.68. The maximum atomic E-state index is 12.4. The third-order valence-electron chi connectivity index (χ3n) is 3.40. The summed E-state index contributed by atoms with van der Waals surface area (Å²) in [5.74, 6) is -0.514. The zero-order chi connectivity index (χ0) is 17.9. The van der Waals surface area contributed by atoms with E-state index in [1.54, 1.807) is 25.2 Å². The molecule has 0 aromatic heterocycles. The molecule has 2 aromatic rings. The Balaban J connectivity index is 2.02. The first-order valence-corrected chi connectivity index (χ1v) is 8.10. The number of halogens is 2. The van der Waals surface area contributed by atoms with Crippen LogP contribution in [0.5, 0.6) is 0 Å². The number of anilines is 1. The molecule has 0 aliphatic carbocycles. The van der Waals surface area contributed by atoms with Crippen molar-refractivity contribution in [3.05, 3.63) is 63.1 Å². The highest BCUT2D eigenvalue weighted by atomic mass is 35.5. The van der Waals surface area contributed by atoms with Gasteiger partial charge in [-0.15, -0.1) is 0 Å². The van der Waals surface area contributed by atoms with Crippen LogP contribution in [0.15, 0.2) is 36.4 Å². The Labute approximate surface area is 151 Å². The standard InChI is InChI=1S/C18H18Cl2N2O2/c1-11-6-12(2)8-13(7-11)18(24)22(3)10-17(23)21-14-4-5-15(19)16(20)9-14/h4-9H,10H2,1-3H3,(H,21,23). The summed E-state index contributed by atoms with van der Waals surface area (Å²) in [6, 6.07) is 10.4. The Bertz CT molecular complexity index is 770. The van der Waals surface area contributed by atoms with Crippen molar-refractivity contribution in [2.45, 2.75) is 13.8 Å². The lowest BCUT2D eigenvalue weighted by Crippen LogP contribution is -2.35. The molecule has 0 saturated heterocycles. The fourth-order valence-electron chi connectivity index (χ4n) is 2.38. The summed E-state index contributed by atoms with van der Waals surface area (Å²) in [6.07, 6.45) is 0. The zero-order valence-electron chi connectivity index (χ0n) is 13.7. The Morgan fingerprint density at radius 1 is 1.00 bits per heavy atom. The molecular formula is C18H18Cl2N2O2. The van der Waals surface area contributed by atoms with Gasteiger partial charge in [0.1, 0.15) is 0 Å². The summed E-state index contributed by atoms with van der Waals surface area (Å²) in [5, 5.41) is 3.46. The summed E-state index contributed by atoms with van der Waals surface area (Å²) in [5.41, 5.74) is 3.11. The molecule has 1 N–H and O–H groups in total. The van der Waals surface area contributed by atoms with Gasteiger partial charge >= 0.3 is 0 Å². The van der Waals surface area contributed by atoms with Crippen LogP contribution in [0.3, 0.4) is 0 Å². The van der Waals surface area contributed by atoms with Crippen molar-refractivity contribution < 1.29 is 9.59 Å². The van der Waals surface area contributed by atoms with E-state index in [9.17, 15) is 9.59 Å². The molecule has 0 aliphatic heterocycles. The third kappa shape index (κ3) is 4.73. The van der Waals surface area contributed by atoms with Gasteiger partial charge in [0, 0.05) is 18.3 Å². The van der Waals surface area contributed by atoms with E-state index in [0.717, 1.165) is 11.1 Å². The van der Waals surface area contributed by atoms with Crippen molar-refractivity contribution >= 4 is 40.7 Å². The molecule has 0 aliphatic rings. The van der Waals surface area contributed by atoms with Crippen molar-refractivity contribution in [2.75, 3.05) is 18.9 Å². The molecule has 0 radical (unpaired) electrons. The molecule has 0 heterocycles. The highest BCUT2D eigenvalue weighted by molar-refractivity contribution is 6.42. The van der Waals surface area contributed by atoms with Gasteiger partial charge in [-0.05, 0) is 44.2 Å². The molecule has 24 heavy (non-hydrogen) atoms. The number of amides is 2. The number of rotatable bonds is 4. The monoisotopic (exact) mass is 364 g/mol. The second-order valence-electron chi connectivity index (χ2n) is 5.71. The number of hydrogen-bond donors (Lipinski definition) is 1. The van der Waals surface area contributed by atoms with Crippen molar-refractivity contribution in [1.29, 1.82) is 0 Å². The number of carbonyl (C=O) groups is 2. The zero-order valence-corrected chi connectivity index (χ0v) is 15.2. The minimum atomic E-state index is -0.311. The number of carbonyl (C=O) groups excluding carboxylic acids is 2. The van der Waals surface area contributed by atoms with Crippen molar-refractivity contribution in [3.63, 3.8) is 0 Å². The third-order valence-corrected chi connectivity index (χ3v) is 4.14. The van der Waals surface area contributed by atoms with Crippen molar-refractivity contribution in [1.82, 2.24) is 4.90 Å². The van der Waals surface area contributed by atoms with Crippen LogP contribution in [0.4, 0.5) is 5.69 Å². The van der Waals surface area contributed by atoms with E-state index >= 15 is 0 Å². The molecule has 0 unspecified atom stereocenters. The first kappa shape index (κ1) is 18.3. The molecule has 126 valence electrons. The van der Waals surface area contributed by atoms with Crippen LogP contribution in [0, 0.1) is 13.8 Å². The van der Waals surface area contributed by atoms with Crippen LogP contribution in [0.2, 0.25) is 10.0 Å². The average molecular weight is 365 g/mol. The van der Waals surface area contributed by atoms with Gasteiger partial charge in [-0.1, -0.05) is 40.4 Å². The first-order chi connectivity index (χ1) is 11.3. The average Bonchev–Trinajstić information content (AvgIpc) is 2.49. The quantitative estimate of drug-likeness (QED) is 0.877. The van der Waals surface area contributed by atoms with Gasteiger partial charge in [-0.25, -0.2) is 0 Å². The van der Waals surface area contributed by atoms with E-state index in [1.807, 2.05) is 32.0 Å². The predicted molar refractivity (Wildman–Crippen MR) is 98.0 cm³/mol. The Kier molecular flexibility index (Phi) is 5.86. The highest BCUT2D eigenvalue weighted by Gasteiger charge is 2.16. The normalized spacial score (nSPS) is 10.4. The number of benzene rings is 2. The number of nitrogens with one attached hydrogen (secondary N) is 1. The van der Waals surface area contributed by atoms with Crippen LogP contribution < -0.4 is 5.32 Å². The van der Waals surface area contributed by atoms with Gasteiger partial charge < -0.3 is 10.2 Å². The van der Waals surface area contributed by atoms with Crippen LogP contribution in [0.1, 0.15) is 21.5 Å². The van der Waals surface area contributed by atoms with Gasteiger partial charge in [-0.3, -0.25) is 9.59 Å². The van der Waals surface area contributed by atoms with Gasteiger partial charge in [0.2, 0.25) is 5.91 Å². The largest absolute Gasteiger partial charge is 0.332 e. The van der Waals surface area contributed by atoms with Crippen LogP contribution in [-0.4, -0.2) is 30.3 Å². The molecule has 0 saturated carbocycles. The van der Waals surface area contributed by atoms with Gasteiger partial charge in [0.15, 0.2) is 0 Å². The molecule has 0 atom stereocenters. The number of likely N-dealkylation sites (N-methyl/N-ethyl adjacent to an activating group) is 1. The van der Waals surface area contributed by atoms with E-state index in [4.69, 9.17) is 23.2 Å². The molecule has 0 bridgehead atoms. The van der Waals surface area contributed by atoms with Crippen LogP contribution >= 0.6 is 23.2 Å². The van der Waals surface area contributed by atoms with Crippen molar-refractivity contribution in [3.8, 4) is 0 Å². The topological polar surface area (TPSA) is 49.4 Å². The Morgan fingerprint density at radius 3 is 2.21 bits per heavy atom. The molecule has 2 aromatic carbocycles. The van der Waals surface area contributed by atoms with E-state index in [-0.39, 0.29) is 18.4 Å². The molecule has 2 amide bonds. The van der Waals surface area contributed by atoms with Gasteiger partial charge in [0.05, 0.1) is 16.6 Å². The summed E-state index contributed by atoms with van der Waals surface area (Å²) < 4.78 is 0. The lowest BCUT2D eigenvalue weighted by molar-refractivity contribution is -0.116. The molecule has 2 rings (SSSR count). The lowest BCUT2D eigenvalue weighted by Gasteiger charge is -2.17. The number of nitrogens with zero attached hydrogens (tertiary/aromatic N) is 1. The molecule has 6 heteroatoms. The van der Waals surface area contributed by atoms with E-state index < -0.39 is 0 Å². The molecule has 0 fully saturated rings. The smallest absolute Gasteiger partial charge is 0.254 e. The SMILES string of the molecule is Cc1cc(C)cc(C(=O)N(C)CC(=O)Nc2ccc(Cl)c(Cl)c2)c1. The molecule has 0 spiro atoms. The van der Waals surface area contributed by atoms with Crippen LogP contribution in [0.25, 0.3) is 0 Å². The number of hydrogen-bond acceptors (Lipinski definition) is 2. The first-order valence-electron chi connectivity index (χ1n) is 7.35. The fraction of sp³-hybridized carbons (Fsp3) is 0.222. The highest BCUT2D eigenvalue weighted by Crippen LogP contribution is 2.25. The Hall–Kier alpha value is -2.04. The summed E-state index contributed by atoms with van der Waals surface area (Å²) in [4.78, 5) is 25.9. The maximum Gasteiger partial charge on any atom is 0.254 e. The van der Waals surface area contributed by atoms with E-state index in [1.165, 1.54) is 4.90 Å². The minimum Gasteiger partial charge on any atom is -0.332 e. The predicted octanol–water partition coefficient (Wildman–Crippen LogP) is 4.32. The van der Waals surface area contributed by atoms with Gasteiger partial charge in [0.25, 0.3) is 5.91 Å². The second kappa shape index (κ2) is 7.69. The van der Waals surface area contributed by atoms with E-state index in [2.05, 4.69) is 5.32 Å². The summed E-state index contributed by atoms with van der Waals surface area (Å²) >= 11 is 11.8. The Morgan fingerprint density at radius 2 is 1.62 bits per heavy atom. The number of aryl methyl sites for hydroxylation is 2. The second-order valence-corrected chi connectivity index (χ2v) is 6.53. The van der Waals surface area contributed by atoms with Gasteiger partial charge in [-0.2, -0.15) is 0 Å². The lowest BCUT2D eigenvalue weighted by atomic mass is 10.1. The van der Waals surface area contributed by atoms with Crippen molar-refractivity contribution in [2.24, 2.45) is 0 Å². The minimum absolute atomic E-state index is 0.0634. The maximum absolute atomic E-state index is 12.4. The summed E-state index contributed by atoms with van der Waals surface area (Å²) in [6.45, 7) is 3.80. The summed E-state index contributed by atoms with van der Waals surface area (Å²) in [7, 11) is 1.59.